The summed E-state index contributed by atoms with van der Waals surface area (Å²) in [7, 11) is 0. The minimum Gasteiger partial charge on any atom is -0.439 e. The van der Waals surface area contributed by atoms with Crippen molar-refractivity contribution in [1.82, 2.24) is 4.98 Å². The standard InChI is InChI=1S/C16H18ClNO/c1-4-14-8-13(10-17)9-16(18-14)19-15-7-11(2)5-6-12(15)3/h5-9H,4,10H2,1-3H3. The Bertz CT molecular complexity index is 559. The summed E-state index contributed by atoms with van der Waals surface area (Å²) < 4.78 is 5.91. The molecule has 0 N–H and O–H groups in total. The Morgan fingerprint density at radius 3 is 2.63 bits per heavy atom. The molecule has 0 saturated carbocycles. The van der Waals surface area contributed by atoms with E-state index in [4.69, 9.17) is 16.3 Å². The number of benzene rings is 1. The lowest BCUT2D eigenvalue weighted by molar-refractivity contribution is 0.456. The minimum absolute atomic E-state index is 0.471. The van der Waals surface area contributed by atoms with E-state index < -0.39 is 0 Å². The first kappa shape index (κ1) is 13.9. The Kier molecular flexibility index (Phi) is 4.43. The van der Waals surface area contributed by atoms with Crippen LogP contribution in [0.5, 0.6) is 11.6 Å². The third-order valence-electron chi connectivity index (χ3n) is 2.99. The van der Waals surface area contributed by atoms with Gasteiger partial charge in [0.2, 0.25) is 5.88 Å². The monoisotopic (exact) mass is 275 g/mol. The Morgan fingerprint density at radius 1 is 1.16 bits per heavy atom. The van der Waals surface area contributed by atoms with Gasteiger partial charge in [-0.3, -0.25) is 0 Å². The van der Waals surface area contributed by atoms with Gasteiger partial charge in [-0.15, -0.1) is 11.6 Å². The van der Waals surface area contributed by atoms with E-state index in [0.717, 1.165) is 29.0 Å². The molecule has 0 saturated heterocycles. The van der Waals surface area contributed by atoms with E-state index >= 15 is 0 Å². The molecule has 0 aliphatic carbocycles. The highest BCUT2D eigenvalue weighted by molar-refractivity contribution is 6.17. The SMILES string of the molecule is CCc1cc(CCl)cc(Oc2cc(C)ccc2C)n1. The molecule has 3 heteroatoms. The van der Waals surface area contributed by atoms with Crippen LogP contribution < -0.4 is 4.74 Å². The molecule has 0 bridgehead atoms. The third kappa shape index (κ3) is 3.48. The van der Waals surface area contributed by atoms with Crippen molar-refractivity contribution in [2.75, 3.05) is 0 Å². The summed E-state index contributed by atoms with van der Waals surface area (Å²) in [4.78, 5) is 4.49. The Balaban J connectivity index is 2.34. The molecule has 1 aromatic carbocycles. The molecule has 2 aromatic rings. The second kappa shape index (κ2) is 6.07. The topological polar surface area (TPSA) is 22.1 Å². The van der Waals surface area contributed by atoms with E-state index in [9.17, 15) is 0 Å². The summed E-state index contributed by atoms with van der Waals surface area (Å²) in [5.74, 6) is 1.93. The van der Waals surface area contributed by atoms with Gasteiger partial charge in [0.15, 0.2) is 0 Å². The van der Waals surface area contributed by atoms with Crippen LogP contribution >= 0.6 is 11.6 Å². The summed E-state index contributed by atoms with van der Waals surface area (Å²) in [5, 5.41) is 0. The van der Waals surface area contributed by atoms with Crippen molar-refractivity contribution in [3.05, 3.63) is 52.7 Å². The zero-order valence-electron chi connectivity index (χ0n) is 11.5. The van der Waals surface area contributed by atoms with Crippen molar-refractivity contribution in [1.29, 1.82) is 0 Å². The van der Waals surface area contributed by atoms with E-state index in [1.165, 1.54) is 5.56 Å². The Labute approximate surface area is 119 Å². The van der Waals surface area contributed by atoms with Gasteiger partial charge < -0.3 is 4.74 Å². The fourth-order valence-electron chi connectivity index (χ4n) is 1.86. The van der Waals surface area contributed by atoms with Gasteiger partial charge in [-0.25, -0.2) is 4.98 Å². The number of nitrogens with zero attached hydrogens (tertiary/aromatic N) is 1. The number of pyridine rings is 1. The number of rotatable bonds is 4. The van der Waals surface area contributed by atoms with Crippen LogP contribution in [0, 0.1) is 13.8 Å². The van der Waals surface area contributed by atoms with Crippen molar-refractivity contribution >= 4 is 11.6 Å². The number of aryl methyl sites for hydroxylation is 3. The summed E-state index contributed by atoms with van der Waals surface area (Å²) in [6.45, 7) is 6.15. The molecule has 0 atom stereocenters. The lowest BCUT2D eigenvalue weighted by Gasteiger charge is -2.11. The van der Waals surface area contributed by atoms with Crippen LogP contribution in [-0.4, -0.2) is 4.98 Å². The van der Waals surface area contributed by atoms with Crippen LogP contribution in [-0.2, 0) is 12.3 Å². The molecular weight excluding hydrogens is 258 g/mol. The normalized spacial score (nSPS) is 10.5. The Morgan fingerprint density at radius 2 is 1.95 bits per heavy atom. The molecule has 2 nitrogen and oxygen atoms in total. The highest BCUT2D eigenvalue weighted by Gasteiger charge is 2.06. The first-order valence-electron chi connectivity index (χ1n) is 6.43. The molecule has 19 heavy (non-hydrogen) atoms. The Hall–Kier alpha value is -1.54. The van der Waals surface area contributed by atoms with Gasteiger partial charge in [0.25, 0.3) is 0 Å². The van der Waals surface area contributed by atoms with Gasteiger partial charge in [0.1, 0.15) is 5.75 Å². The summed E-state index contributed by atoms with van der Waals surface area (Å²) in [6, 6.07) is 10.1. The largest absolute Gasteiger partial charge is 0.439 e. The lowest BCUT2D eigenvalue weighted by atomic mass is 10.1. The zero-order valence-corrected chi connectivity index (χ0v) is 12.3. The molecule has 1 aromatic heterocycles. The molecule has 0 fully saturated rings. The van der Waals surface area contributed by atoms with E-state index in [1.807, 2.05) is 32.0 Å². The molecule has 100 valence electrons. The minimum atomic E-state index is 0.471. The molecule has 2 rings (SSSR count). The van der Waals surface area contributed by atoms with Gasteiger partial charge in [-0.05, 0) is 49.1 Å². The van der Waals surface area contributed by atoms with Gasteiger partial charge in [-0.2, -0.15) is 0 Å². The summed E-state index contributed by atoms with van der Waals surface area (Å²) in [5.41, 5.74) is 4.30. The second-order valence-corrected chi connectivity index (χ2v) is 4.93. The lowest BCUT2D eigenvalue weighted by Crippen LogP contribution is -1.96. The summed E-state index contributed by atoms with van der Waals surface area (Å²) >= 11 is 5.90. The molecule has 0 aliphatic rings. The second-order valence-electron chi connectivity index (χ2n) is 4.66. The summed E-state index contributed by atoms with van der Waals surface area (Å²) in [6.07, 6.45) is 0.869. The maximum Gasteiger partial charge on any atom is 0.219 e. The number of hydrogen-bond acceptors (Lipinski definition) is 2. The smallest absolute Gasteiger partial charge is 0.219 e. The quantitative estimate of drug-likeness (QED) is 0.748. The number of hydrogen-bond donors (Lipinski definition) is 0. The molecule has 0 amide bonds. The van der Waals surface area contributed by atoms with Crippen molar-refractivity contribution < 1.29 is 4.74 Å². The van der Waals surface area contributed by atoms with Crippen LogP contribution in [0.1, 0.15) is 29.3 Å². The average Bonchev–Trinajstić information content (AvgIpc) is 2.42. The fourth-order valence-corrected chi connectivity index (χ4v) is 2.02. The van der Waals surface area contributed by atoms with E-state index in [-0.39, 0.29) is 0 Å². The number of alkyl halides is 1. The van der Waals surface area contributed by atoms with Gasteiger partial charge in [0, 0.05) is 17.6 Å². The van der Waals surface area contributed by atoms with Crippen LogP contribution in [0.2, 0.25) is 0 Å². The fraction of sp³-hybridized carbons (Fsp3) is 0.312. The molecule has 0 spiro atoms. The van der Waals surface area contributed by atoms with Crippen molar-refractivity contribution in [2.45, 2.75) is 33.1 Å². The first-order valence-corrected chi connectivity index (χ1v) is 6.96. The van der Waals surface area contributed by atoms with Crippen LogP contribution in [0.3, 0.4) is 0 Å². The van der Waals surface area contributed by atoms with Crippen LogP contribution in [0.4, 0.5) is 0 Å². The van der Waals surface area contributed by atoms with Crippen molar-refractivity contribution in [3.8, 4) is 11.6 Å². The molecule has 0 radical (unpaired) electrons. The van der Waals surface area contributed by atoms with Crippen LogP contribution in [0.25, 0.3) is 0 Å². The first-order chi connectivity index (χ1) is 9.12. The van der Waals surface area contributed by atoms with Gasteiger partial charge in [-0.1, -0.05) is 19.1 Å². The predicted octanol–water partition coefficient (Wildman–Crippen LogP) is 4.79. The number of aromatic nitrogens is 1. The maximum atomic E-state index is 5.91. The molecule has 0 aliphatic heterocycles. The highest BCUT2D eigenvalue weighted by atomic mass is 35.5. The maximum absolute atomic E-state index is 5.91. The third-order valence-corrected chi connectivity index (χ3v) is 3.30. The molecular formula is C16H18ClNO. The average molecular weight is 276 g/mol. The zero-order chi connectivity index (χ0) is 13.8. The van der Waals surface area contributed by atoms with Crippen molar-refractivity contribution in [2.24, 2.45) is 0 Å². The van der Waals surface area contributed by atoms with Crippen molar-refractivity contribution in [3.63, 3.8) is 0 Å². The van der Waals surface area contributed by atoms with E-state index in [2.05, 4.69) is 24.0 Å². The van der Waals surface area contributed by atoms with Gasteiger partial charge in [0.05, 0.1) is 0 Å². The van der Waals surface area contributed by atoms with Crippen LogP contribution in [0.15, 0.2) is 30.3 Å². The highest BCUT2D eigenvalue weighted by Crippen LogP contribution is 2.26. The number of halogens is 1. The van der Waals surface area contributed by atoms with Gasteiger partial charge >= 0.3 is 0 Å². The predicted molar refractivity (Wildman–Crippen MR) is 79.2 cm³/mol. The van der Waals surface area contributed by atoms with E-state index in [0.29, 0.717) is 11.8 Å². The number of ether oxygens (including phenoxy) is 1. The molecule has 1 heterocycles. The molecule has 0 unspecified atom stereocenters. The van der Waals surface area contributed by atoms with E-state index in [1.54, 1.807) is 0 Å².